The average Bonchev–Trinajstić information content (AvgIpc) is 3.24. The number of ether oxygens (including phenoxy) is 2. The van der Waals surface area contributed by atoms with Crippen molar-refractivity contribution in [2.24, 2.45) is 0 Å². The van der Waals surface area contributed by atoms with Gasteiger partial charge in [0.15, 0.2) is 0 Å². The third-order valence-electron chi connectivity index (χ3n) is 4.76. The number of hydrogen-bond acceptors (Lipinski definition) is 6. The summed E-state index contributed by atoms with van der Waals surface area (Å²) in [5.41, 5.74) is 0.282. The highest BCUT2D eigenvalue weighted by molar-refractivity contribution is 7.89. The molecule has 9 nitrogen and oxygen atoms in total. The number of carbonyl (C=O) groups excluding carboxylic acids is 2. The molecule has 0 aromatic heterocycles. The standard InChI is InChI=1S/C18H24ClN3O6S/c1-21(18(24)15-3-2-8-28-15)12-17(23)20-13-4-5-14(19)16(11-13)29(25,26)22-6-9-27-10-7-22/h4-5,11,15H,2-3,6-10,12H2,1H3,(H,20,23)/t15-/m1/s1. The summed E-state index contributed by atoms with van der Waals surface area (Å²) in [5.74, 6) is -0.694. The number of nitrogens with zero attached hydrogens (tertiary/aromatic N) is 2. The fourth-order valence-electron chi connectivity index (χ4n) is 3.22. The summed E-state index contributed by atoms with van der Waals surface area (Å²) in [5, 5.41) is 2.69. The van der Waals surface area contributed by atoms with Crippen molar-refractivity contribution in [1.82, 2.24) is 9.21 Å². The molecule has 1 aromatic carbocycles. The zero-order chi connectivity index (χ0) is 21.0. The van der Waals surface area contributed by atoms with Crippen molar-refractivity contribution in [2.45, 2.75) is 23.8 Å². The highest BCUT2D eigenvalue weighted by atomic mass is 35.5. The second-order valence-electron chi connectivity index (χ2n) is 6.91. The highest BCUT2D eigenvalue weighted by Crippen LogP contribution is 2.28. The molecule has 29 heavy (non-hydrogen) atoms. The lowest BCUT2D eigenvalue weighted by atomic mass is 10.2. The topological polar surface area (TPSA) is 105 Å². The summed E-state index contributed by atoms with van der Waals surface area (Å²) in [7, 11) is -2.28. The molecule has 2 fully saturated rings. The van der Waals surface area contributed by atoms with Crippen LogP contribution in [0.15, 0.2) is 23.1 Å². The number of sulfonamides is 1. The van der Waals surface area contributed by atoms with E-state index in [4.69, 9.17) is 21.1 Å². The predicted molar refractivity (Wildman–Crippen MR) is 106 cm³/mol. The van der Waals surface area contributed by atoms with Crippen LogP contribution in [-0.4, -0.2) is 82.0 Å². The molecule has 0 unspecified atom stereocenters. The summed E-state index contributed by atoms with van der Waals surface area (Å²) in [4.78, 5) is 25.8. The largest absolute Gasteiger partial charge is 0.379 e. The van der Waals surface area contributed by atoms with Crippen LogP contribution >= 0.6 is 11.6 Å². The first kappa shape index (κ1) is 22.0. The number of morpholine rings is 1. The zero-order valence-corrected chi connectivity index (χ0v) is 17.7. The molecule has 0 radical (unpaired) electrons. The van der Waals surface area contributed by atoms with Gasteiger partial charge >= 0.3 is 0 Å². The Balaban J connectivity index is 1.67. The predicted octanol–water partition coefficient (Wildman–Crippen LogP) is 0.937. The van der Waals surface area contributed by atoms with Crippen molar-refractivity contribution in [3.05, 3.63) is 23.2 Å². The van der Waals surface area contributed by atoms with E-state index >= 15 is 0 Å². The highest BCUT2D eigenvalue weighted by Gasteiger charge is 2.29. The van der Waals surface area contributed by atoms with Crippen molar-refractivity contribution >= 4 is 39.1 Å². The van der Waals surface area contributed by atoms with Crippen LogP contribution in [0.3, 0.4) is 0 Å². The normalized spacial score (nSPS) is 20.4. The van der Waals surface area contributed by atoms with Gasteiger partial charge in [0.2, 0.25) is 15.9 Å². The second-order valence-corrected chi connectivity index (χ2v) is 9.22. The molecule has 2 heterocycles. The first-order valence-electron chi connectivity index (χ1n) is 9.33. The number of nitrogens with one attached hydrogen (secondary N) is 1. The Kier molecular flexibility index (Phi) is 7.12. The third kappa shape index (κ3) is 5.26. The molecule has 2 aliphatic heterocycles. The van der Waals surface area contributed by atoms with E-state index in [9.17, 15) is 18.0 Å². The van der Waals surface area contributed by atoms with E-state index < -0.39 is 22.0 Å². The van der Waals surface area contributed by atoms with Crippen LogP contribution in [0.2, 0.25) is 5.02 Å². The zero-order valence-electron chi connectivity index (χ0n) is 16.1. The van der Waals surface area contributed by atoms with Crippen molar-refractivity contribution in [3.8, 4) is 0 Å². The number of benzene rings is 1. The van der Waals surface area contributed by atoms with E-state index in [1.54, 1.807) is 0 Å². The maximum atomic E-state index is 12.9. The van der Waals surface area contributed by atoms with Gasteiger partial charge in [0.05, 0.1) is 24.8 Å². The van der Waals surface area contributed by atoms with Gasteiger partial charge in [-0.25, -0.2) is 8.42 Å². The molecule has 11 heteroatoms. The van der Waals surface area contributed by atoms with Crippen LogP contribution < -0.4 is 5.32 Å². The number of halogens is 1. The van der Waals surface area contributed by atoms with E-state index in [0.717, 1.165) is 6.42 Å². The van der Waals surface area contributed by atoms with Gasteiger partial charge in [-0.15, -0.1) is 0 Å². The molecular weight excluding hydrogens is 422 g/mol. The van der Waals surface area contributed by atoms with Crippen molar-refractivity contribution in [3.63, 3.8) is 0 Å². The van der Waals surface area contributed by atoms with Crippen molar-refractivity contribution in [2.75, 3.05) is 51.8 Å². The van der Waals surface area contributed by atoms with E-state index in [1.807, 2.05) is 0 Å². The van der Waals surface area contributed by atoms with Gasteiger partial charge in [0.25, 0.3) is 5.91 Å². The SMILES string of the molecule is CN(CC(=O)Nc1ccc(Cl)c(S(=O)(=O)N2CCOCC2)c1)C(=O)[C@H]1CCCO1. The van der Waals surface area contributed by atoms with Crippen LogP contribution in [0.25, 0.3) is 0 Å². The lowest BCUT2D eigenvalue weighted by Crippen LogP contribution is -2.41. The minimum absolute atomic E-state index is 0.0696. The quantitative estimate of drug-likeness (QED) is 0.698. The Morgan fingerprint density at radius 3 is 2.66 bits per heavy atom. The van der Waals surface area contributed by atoms with Crippen LogP contribution in [0, 0.1) is 0 Å². The number of carbonyl (C=O) groups is 2. The molecule has 2 aliphatic rings. The van der Waals surface area contributed by atoms with Gasteiger partial charge in [-0.2, -0.15) is 4.31 Å². The molecular formula is C18H24ClN3O6S. The van der Waals surface area contributed by atoms with Gasteiger partial charge in [-0.05, 0) is 31.0 Å². The number of anilines is 1. The van der Waals surface area contributed by atoms with Crippen molar-refractivity contribution in [1.29, 1.82) is 0 Å². The summed E-state index contributed by atoms with van der Waals surface area (Å²) >= 11 is 6.12. The van der Waals surface area contributed by atoms with Gasteiger partial charge in [0.1, 0.15) is 11.0 Å². The first-order valence-corrected chi connectivity index (χ1v) is 11.1. The molecule has 0 saturated carbocycles. The molecule has 0 spiro atoms. The monoisotopic (exact) mass is 445 g/mol. The van der Waals surface area contributed by atoms with Crippen LogP contribution in [0.5, 0.6) is 0 Å². The van der Waals surface area contributed by atoms with Crippen LogP contribution in [-0.2, 0) is 29.1 Å². The Labute approximate surface area is 174 Å². The van der Waals surface area contributed by atoms with Crippen molar-refractivity contribution < 1.29 is 27.5 Å². The molecule has 2 saturated heterocycles. The number of amides is 2. The fourth-order valence-corrected chi connectivity index (χ4v) is 5.13. The Hall–Kier alpha value is -1.72. The van der Waals surface area contributed by atoms with Crippen LogP contribution in [0.4, 0.5) is 5.69 Å². The van der Waals surface area contributed by atoms with Gasteiger partial charge in [-0.1, -0.05) is 11.6 Å². The van der Waals surface area contributed by atoms with Gasteiger partial charge in [0, 0.05) is 32.4 Å². The van der Waals surface area contributed by atoms with E-state index in [0.29, 0.717) is 26.2 Å². The maximum Gasteiger partial charge on any atom is 0.251 e. The minimum Gasteiger partial charge on any atom is -0.379 e. The third-order valence-corrected chi connectivity index (χ3v) is 7.15. The molecule has 160 valence electrons. The van der Waals surface area contributed by atoms with E-state index in [-0.39, 0.29) is 41.1 Å². The van der Waals surface area contributed by atoms with Gasteiger partial charge < -0.3 is 19.7 Å². The summed E-state index contributed by atoms with van der Waals surface area (Å²) < 4.78 is 37.6. The second kappa shape index (κ2) is 9.40. The summed E-state index contributed by atoms with van der Waals surface area (Å²) in [6.07, 6.45) is 0.959. The molecule has 3 rings (SSSR count). The molecule has 1 N–H and O–H groups in total. The Bertz CT molecular complexity index is 866. The lowest BCUT2D eigenvalue weighted by Gasteiger charge is -2.26. The number of likely N-dealkylation sites (N-methyl/N-ethyl adjacent to an activating group) is 1. The van der Waals surface area contributed by atoms with Gasteiger partial charge in [-0.3, -0.25) is 9.59 Å². The lowest BCUT2D eigenvalue weighted by molar-refractivity contribution is -0.141. The molecule has 1 atom stereocenters. The van der Waals surface area contributed by atoms with Crippen LogP contribution in [0.1, 0.15) is 12.8 Å². The van der Waals surface area contributed by atoms with E-state index in [1.165, 1.54) is 34.5 Å². The molecule has 2 amide bonds. The Morgan fingerprint density at radius 2 is 2.00 bits per heavy atom. The molecule has 1 aromatic rings. The first-order chi connectivity index (χ1) is 13.8. The molecule has 0 aliphatic carbocycles. The van der Waals surface area contributed by atoms with E-state index in [2.05, 4.69) is 5.32 Å². The summed E-state index contributed by atoms with van der Waals surface area (Å²) in [6, 6.07) is 4.26. The molecule has 0 bridgehead atoms. The smallest absolute Gasteiger partial charge is 0.251 e. The number of hydrogen-bond donors (Lipinski definition) is 1. The Morgan fingerprint density at radius 1 is 1.28 bits per heavy atom. The summed E-state index contributed by atoms with van der Waals surface area (Å²) in [6.45, 7) is 1.49. The number of rotatable bonds is 6. The maximum absolute atomic E-state index is 12.9. The fraction of sp³-hybridized carbons (Fsp3) is 0.556. The minimum atomic E-state index is -3.81. The average molecular weight is 446 g/mol.